The fourth-order valence-corrected chi connectivity index (χ4v) is 7.41. The molecule has 5 rings (SSSR count). The summed E-state index contributed by atoms with van der Waals surface area (Å²) in [4.78, 5) is 12.8. The van der Waals surface area contributed by atoms with Gasteiger partial charge in [0.1, 0.15) is 11.3 Å². The minimum Gasteiger partial charge on any atom is -0.378 e. The van der Waals surface area contributed by atoms with Crippen LogP contribution in [0.15, 0.2) is 34.9 Å². The number of aromatic nitrogens is 4. The lowest BCUT2D eigenvalue weighted by Crippen LogP contribution is -2.32. The molecule has 3 N–H and O–H groups in total. The number of rotatable bonds is 8. The maximum absolute atomic E-state index is 12.3. The molecule has 0 bridgehead atoms. The molecule has 1 aromatic carbocycles. The molecule has 0 saturated carbocycles. The number of halogens is 1. The molecule has 1 aliphatic heterocycles. The number of H-pyrrole nitrogens is 1. The number of fused-ring (bicyclic) bond motifs is 1. The summed E-state index contributed by atoms with van der Waals surface area (Å²) >= 11 is 3.59. The number of nitrogens with zero attached hydrogens (tertiary/aromatic N) is 4. The Balaban J connectivity index is 1.51. The molecule has 0 spiro atoms. The molecule has 214 valence electrons. The van der Waals surface area contributed by atoms with Crippen LogP contribution in [0.3, 0.4) is 0 Å². The topological polar surface area (TPSA) is 142 Å². The summed E-state index contributed by atoms with van der Waals surface area (Å²) in [6.07, 6.45) is 3.53. The highest BCUT2D eigenvalue weighted by atomic mass is 79.9. The van der Waals surface area contributed by atoms with Gasteiger partial charge in [0.15, 0.2) is 5.65 Å². The number of hydrogen-bond acceptors (Lipinski definition) is 7. The van der Waals surface area contributed by atoms with Crippen LogP contribution in [0.1, 0.15) is 30.3 Å². The lowest BCUT2D eigenvalue weighted by Gasteiger charge is -2.17. The molecule has 1 atom stereocenters. The minimum atomic E-state index is -3.42. The largest absolute Gasteiger partial charge is 0.378 e. The molecule has 40 heavy (non-hydrogen) atoms. The van der Waals surface area contributed by atoms with Gasteiger partial charge in [0.25, 0.3) is 0 Å². The normalized spacial score (nSPS) is 16.6. The van der Waals surface area contributed by atoms with Gasteiger partial charge in [0.05, 0.1) is 33.5 Å². The average Bonchev–Trinajstić information content (AvgIpc) is 3.59. The van der Waals surface area contributed by atoms with Gasteiger partial charge in [-0.05, 0) is 73.8 Å². The smallest absolute Gasteiger partial charge is 0.229 e. The Kier molecular flexibility index (Phi) is 7.48. The second kappa shape index (κ2) is 10.5. The van der Waals surface area contributed by atoms with Crippen molar-refractivity contribution in [3.8, 4) is 17.1 Å². The lowest BCUT2D eigenvalue weighted by molar-refractivity contribution is 0.476. The Labute approximate surface area is 242 Å². The average molecular weight is 651 g/mol. The number of nitrogens with one attached hydrogen (secondary N) is 3. The third-order valence-electron chi connectivity index (χ3n) is 7.25. The van der Waals surface area contributed by atoms with Crippen molar-refractivity contribution in [2.75, 3.05) is 35.1 Å². The van der Waals surface area contributed by atoms with Crippen LogP contribution in [-0.4, -0.2) is 71.8 Å². The summed E-state index contributed by atoms with van der Waals surface area (Å²) in [6.45, 7) is 8.42. The molecule has 0 aliphatic carbocycles. The molecule has 1 aliphatic rings. The number of imidazole rings is 1. The van der Waals surface area contributed by atoms with Gasteiger partial charge < -0.3 is 14.9 Å². The van der Waals surface area contributed by atoms with E-state index in [9.17, 15) is 16.8 Å². The van der Waals surface area contributed by atoms with Crippen molar-refractivity contribution in [3.05, 3.63) is 51.9 Å². The van der Waals surface area contributed by atoms with Crippen LogP contribution in [0.5, 0.6) is 0 Å². The molecular weight excluding hydrogens is 618 g/mol. The second-order valence-corrected chi connectivity index (χ2v) is 15.0. The number of anilines is 2. The number of sulfonamides is 2. The number of pyridine rings is 1. The Bertz CT molecular complexity index is 1830. The van der Waals surface area contributed by atoms with Crippen molar-refractivity contribution in [1.29, 1.82) is 0 Å². The predicted octanol–water partition coefficient (Wildman–Crippen LogP) is 4.31. The van der Waals surface area contributed by atoms with E-state index in [1.54, 1.807) is 19.2 Å². The number of benzene rings is 1. The van der Waals surface area contributed by atoms with E-state index in [0.29, 0.717) is 42.2 Å². The van der Waals surface area contributed by atoms with E-state index in [0.717, 1.165) is 44.6 Å². The summed E-state index contributed by atoms with van der Waals surface area (Å²) in [5.74, 6) is 0.731. The molecule has 11 nitrogen and oxygen atoms in total. The molecule has 4 heterocycles. The third kappa shape index (κ3) is 5.37. The van der Waals surface area contributed by atoms with Gasteiger partial charge in [-0.1, -0.05) is 6.07 Å². The number of aromatic amines is 1. The fourth-order valence-electron chi connectivity index (χ4n) is 5.23. The molecule has 0 unspecified atom stereocenters. The first-order valence-corrected chi connectivity index (χ1v) is 17.1. The van der Waals surface area contributed by atoms with Crippen LogP contribution in [0.2, 0.25) is 0 Å². The van der Waals surface area contributed by atoms with E-state index < -0.39 is 20.0 Å². The van der Waals surface area contributed by atoms with Crippen LogP contribution >= 0.6 is 15.9 Å². The molecule has 1 saturated heterocycles. The van der Waals surface area contributed by atoms with Gasteiger partial charge in [0.2, 0.25) is 20.0 Å². The van der Waals surface area contributed by atoms with Crippen LogP contribution < -0.4 is 10.0 Å². The van der Waals surface area contributed by atoms with Crippen molar-refractivity contribution in [3.63, 3.8) is 0 Å². The van der Waals surface area contributed by atoms with Crippen molar-refractivity contribution in [1.82, 2.24) is 23.8 Å². The second-order valence-electron chi connectivity index (χ2n) is 10.1. The maximum Gasteiger partial charge on any atom is 0.229 e. The summed E-state index contributed by atoms with van der Waals surface area (Å²) in [5, 5.41) is 3.50. The molecular formula is C26H32BrN7O4S2. The SMILES string of the molecule is CCS(=O)(=O)N1CC[C@H](Nc2c(Br)cnc3[nH]c(-c4cc(C)n(-c5cccc(NS(C)(=O)=O)c5C)c4C)nc23)C1. The molecule has 1 fully saturated rings. The van der Waals surface area contributed by atoms with E-state index in [1.807, 2.05) is 39.0 Å². The van der Waals surface area contributed by atoms with E-state index in [2.05, 4.69) is 40.5 Å². The van der Waals surface area contributed by atoms with Gasteiger partial charge in [-0.15, -0.1) is 0 Å². The first kappa shape index (κ1) is 28.6. The van der Waals surface area contributed by atoms with Crippen molar-refractivity contribution in [2.24, 2.45) is 0 Å². The standard InChI is InChI=1S/C26H32BrN7O4S2/c1-6-40(37,38)33-11-10-18(14-33)29-23-20(27)13-28-26-24(23)30-25(31-26)19-12-15(2)34(17(19)4)22-9-7-8-21(16(22)3)32-39(5,35)36/h7-9,12-13,18,32H,6,10-11,14H2,1-5H3,(H2,28,29,30,31)/t18-/m0/s1. The summed E-state index contributed by atoms with van der Waals surface area (Å²) in [7, 11) is -6.66. The van der Waals surface area contributed by atoms with Gasteiger partial charge in [0, 0.05) is 42.3 Å². The van der Waals surface area contributed by atoms with Crippen LogP contribution in [0, 0.1) is 20.8 Å². The van der Waals surface area contributed by atoms with E-state index >= 15 is 0 Å². The minimum absolute atomic E-state index is 0.0516. The molecule has 0 amide bonds. The Morgan fingerprint density at radius 2 is 1.93 bits per heavy atom. The van der Waals surface area contributed by atoms with Crippen molar-refractivity contribution in [2.45, 2.75) is 40.2 Å². The van der Waals surface area contributed by atoms with Crippen LogP contribution in [-0.2, 0) is 20.0 Å². The third-order valence-corrected chi connectivity index (χ3v) is 10.3. The summed E-state index contributed by atoms with van der Waals surface area (Å²) in [6, 6.07) is 7.51. The van der Waals surface area contributed by atoms with Gasteiger partial charge in [-0.3, -0.25) is 4.72 Å². The summed E-state index contributed by atoms with van der Waals surface area (Å²) in [5.41, 5.74) is 7.00. The Hall–Kier alpha value is -2.94. The van der Waals surface area contributed by atoms with Gasteiger partial charge in [-0.2, -0.15) is 4.31 Å². The molecule has 3 aromatic heterocycles. The highest BCUT2D eigenvalue weighted by Crippen LogP contribution is 2.35. The first-order valence-electron chi connectivity index (χ1n) is 12.8. The van der Waals surface area contributed by atoms with E-state index in [-0.39, 0.29) is 11.8 Å². The van der Waals surface area contributed by atoms with Crippen molar-refractivity contribution < 1.29 is 16.8 Å². The molecule has 14 heteroatoms. The molecule has 4 aromatic rings. The highest BCUT2D eigenvalue weighted by Gasteiger charge is 2.31. The number of hydrogen-bond donors (Lipinski definition) is 3. The zero-order chi connectivity index (χ0) is 29.0. The van der Waals surface area contributed by atoms with Gasteiger partial charge >= 0.3 is 0 Å². The first-order chi connectivity index (χ1) is 18.8. The monoisotopic (exact) mass is 649 g/mol. The zero-order valence-electron chi connectivity index (χ0n) is 22.9. The molecule has 0 radical (unpaired) electrons. The van der Waals surface area contributed by atoms with Crippen LogP contribution in [0.25, 0.3) is 28.2 Å². The lowest BCUT2D eigenvalue weighted by atomic mass is 10.1. The summed E-state index contributed by atoms with van der Waals surface area (Å²) < 4.78 is 55.4. The van der Waals surface area contributed by atoms with E-state index in [4.69, 9.17) is 4.98 Å². The zero-order valence-corrected chi connectivity index (χ0v) is 26.1. The maximum atomic E-state index is 12.3. The van der Waals surface area contributed by atoms with Crippen LogP contribution in [0.4, 0.5) is 11.4 Å². The number of aryl methyl sites for hydroxylation is 1. The van der Waals surface area contributed by atoms with E-state index in [1.165, 1.54) is 4.31 Å². The quantitative estimate of drug-likeness (QED) is 0.258. The Morgan fingerprint density at radius 1 is 1.18 bits per heavy atom. The van der Waals surface area contributed by atoms with Crippen molar-refractivity contribution >= 4 is 58.5 Å². The Morgan fingerprint density at radius 3 is 2.62 bits per heavy atom. The predicted molar refractivity (Wildman–Crippen MR) is 162 cm³/mol. The van der Waals surface area contributed by atoms with Gasteiger partial charge in [-0.25, -0.2) is 26.8 Å². The highest BCUT2D eigenvalue weighted by molar-refractivity contribution is 9.10. The fraction of sp³-hybridized carbons (Fsp3) is 0.385.